The van der Waals surface area contributed by atoms with Crippen LogP contribution in [0.25, 0.3) is 5.76 Å². The molecule has 0 bridgehead atoms. The number of allylic oxidation sites excluding steroid dienone is 1. The fourth-order valence-electron chi connectivity index (χ4n) is 3.08. The number of aryl methyl sites for hydroxylation is 1. The van der Waals surface area contributed by atoms with Gasteiger partial charge >= 0.3 is 0 Å². The van der Waals surface area contributed by atoms with Crippen LogP contribution in [0, 0.1) is 17.6 Å². The zero-order valence-electron chi connectivity index (χ0n) is 13.1. The van der Waals surface area contributed by atoms with Gasteiger partial charge in [-0.15, -0.1) is 0 Å². The van der Waals surface area contributed by atoms with Crippen LogP contribution < -0.4 is 4.74 Å². The van der Waals surface area contributed by atoms with E-state index < -0.39 is 11.6 Å². The highest BCUT2D eigenvalue weighted by molar-refractivity contribution is 5.64. The lowest BCUT2D eigenvalue weighted by Gasteiger charge is -2.28. The minimum Gasteiger partial charge on any atom is -0.493 e. The van der Waals surface area contributed by atoms with Gasteiger partial charge in [0.2, 0.25) is 5.82 Å². The van der Waals surface area contributed by atoms with Crippen molar-refractivity contribution < 1.29 is 18.3 Å². The van der Waals surface area contributed by atoms with E-state index in [2.05, 4.69) is 13.8 Å². The molecule has 2 unspecified atom stereocenters. The molecule has 3 rings (SSSR count). The summed E-state index contributed by atoms with van der Waals surface area (Å²) in [4.78, 5) is 0. The molecule has 0 spiro atoms. The van der Waals surface area contributed by atoms with E-state index in [9.17, 15) is 8.78 Å². The summed E-state index contributed by atoms with van der Waals surface area (Å²) in [6, 6.07) is 1.69. The maximum Gasteiger partial charge on any atom is 0.201 e. The standard InChI is InChI=1S/C18H22F2O2/c1-3-4-13-7-6-12-9-14(15-8-5-11(2)10-21-15)16(19)17(20)18(12)22-13/h8-9,11,13H,3-7,10H2,1-2H3. The third-order valence-electron chi connectivity index (χ3n) is 4.36. The van der Waals surface area contributed by atoms with Crippen molar-refractivity contribution in [3.8, 4) is 5.75 Å². The van der Waals surface area contributed by atoms with Crippen LogP contribution in [0.3, 0.4) is 0 Å². The van der Waals surface area contributed by atoms with E-state index in [1.165, 1.54) is 0 Å². The average molecular weight is 308 g/mol. The predicted octanol–water partition coefficient (Wildman–Crippen LogP) is 4.86. The summed E-state index contributed by atoms with van der Waals surface area (Å²) in [5.74, 6) is -0.788. The molecular weight excluding hydrogens is 286 g/mol. The molecule has 2 aliphatic rings. The van der Waals surface area contributed by atoms with Crippen molar-refractivity contribution in [2.24, 2.45) is 5.92 Å². The Balaban J connectivity index is 1.94. The SMILES string of the molecule is CCCC1CCc2cc(C3=CCC(C)CO3)c(F)c(F)c2O1. The molecule has 0 saturated heterocycles. The smallest absolute Gasteiger partial charge is 0.201 e. The summed E-state index contributed by atoms with van der Waals surface area (Å²) in [6.45, 7) is 4.67. The topological polar surface area (TPSA) is 18.5 Å². The third-order valence-corrected chi connectivity index (χ3v) is 4.36. The molecule has 4 heteroatoms. The summed E-state index contributed by atoms with van der Waals surface area (Å²) < 4.78 is 40.1. The Morgan fingerprint density at radius 2 is 2.09 bits per heavy atom. The van der Waals surface area contributed by atoms with E-state index in [0.717, 1.165) is 31.2 Å². The first-order chi connectivity index (χ1) is 10.6. The van der Waals surface area contributed by atoms with Crippen molar-refractivity contribution in [3.05, 3.63) is 34.9 Å². The lowest BCUT2D eigenvalue weighted by atomic mass is 9.95. The molecule has 2 aliphatic heterocycles. The van der Waals surface area contributed by atoms with Crippen LogP contribution in [0.15, 0.2) is 12.1 Å². The molecule has 0 fully saturated rings. The van der Waals surface area contributed by atoms with Crippen LogP contribution in [-0.2, 0) is 11.2 Å². The van der Waals surface area contributed by atoms with Gasteiger partial charge in [-0.05, 0) is 49.3 Å². The molecule has 0 aromatic heterocycles. The van der Waals surface area contributed by atoms with Crippen LogP contribution in [0.4, 0.5) is 8.78 Å². The van der Waals surface area contributed by atoms with Crippen molar-refractivity contribution in [2.45, 2.75) is 52.1 Å². The number of hydrogen-bond acceptors (Lipinski definition) is 2. The molecule has 2 atom stereocenters. The number of hydrogen-bond donors (Lipinski definition) is 0. The molecule has 2 heterocycles. The molecule has 1 aromatic carbocycles. The molecule has 0 saturated carbocycles. The maximum atomic E-state index is 14.4. The van der Waals surface area contributed by atoms with Gasteiger partial charge < -0.3 is 9.47 Å². The van der Waals surface area contributed by atoms with Crippen LogP contribution in [-0.4, -0.2) is 12.7 Å². The van der Waals surface area contributed by atoms with E-state index in [1.54, 1.807) is 6.07 Å². The van der Waals surface area contributed by atoms with Crippen molar-refractivity contribution in [1.82, 2.24) is 0 Å². The molecule has 0 amide bonds. The Labute approximate surface area is 130 Å². The van der Waals surface area contributed by atoms with Crippen LogP contribution >= 0.6 is 0 Å². The number of rotatable bonds is 3. The molecule has 1 aromatic rings. The quantitative estimate of drug-likeness (QED) is 0.794. The van der Waals surface area contributed by atoms with E-state index in [1.807, 2.05) is 6.08 Å². The minimum atomic E-state index is -0.878. The largest absolute Gasteiger partial charge is 0.493 e. The average Bonchev–Trinajstić information content (AvgIpc) is 2.52. The van der Waals surface area contributed by atoms with Crippen molar-refractivity contribution in [2.75, 3.05) is 6.61 Å². The number of halogens is 2. The van der Waals surface area contributed by atoms with Gasteiger partial charge in [0.05, 0.1) is 18.3 Å². The van der Waals surface area contributed by atoms with Gasteiger partial charge in [-0.2, -0.15) is 4.39 Å². The highest BCUT2D eigenvalue weighted by atomic mass is 19.2. The van der Waals surface area contributed by atoms with Crippen molar-refractivity contribution in [1.29, 1.82) is 0 Å². The Kier molecular flexibility index (Phi) is 4.37. The Morgan fingerprint density at radius 3 is 2.77 bits per heavy atom. The molecule has 0 radical (unpaired) electrons. The molecule has 0 aliphatic carbocycles. The highest BCUT2D eigenvalue weighted by Gasteiger charge is 2.28. The molecular formula is C18H22F2O2. The second-order valence-electron chi connectivity index (χ2n) is 6.33. The second kappa shape index (κ2) is 6.27. The summed E-state index contributed by atoms with van der Waals surface area (Å²) >= 11 is 0. The van der Waals surface area contributed by atoms with E-state index >= 15 is 0 Å². The normalized spacial score (nSPS) is 24.1. The van der Waals surface area contributed by atoms with Gasteiger partial charge in [0.1, 0.15) is 5.76 Å². The monoisotopic (exact) mass is 308 g/mol. The Bertz CT molecular complexity index is 595. The second-order valence-corrected chi connectivity index (χ2v) is 6.33. The number of benzene rings is 1. The molecule has 2 nitrogen and oxygen atoms in total. The zero-order chi connectivity index (χ0) is 15.7. The first-order valence-corrected chi connectivity index (χ1v) is 8.11. The zero-order valence-corrected chi connectivity index (χ0v) is 13.1. The summed E-state index contributed by atoms with van der Waals surface area (Å²) in [5.41, 5.74) is 0.963. The molecule has 120 valence electrons. The van der Waals surface area contributed by atoms with Gasteiger partial charge in [0.15, 0.2) is 11.6 Å². The Hall–Kier alpha value is -1.58. The lowest BCUT2D eigenvalue weighted by molar-refractivity contribution is 0.153. The lowest BCUT2D eigenvalue weighted by Crippen LogP contribution is -2.24. The van der Waals surface area contributed by atoms with Crippen LogP contribution in [0.1, 0.15) is 50.7 Å². The fourth-order valence-corrected chi connectivity index (χ4v) is 3.08. The number of ether oxygens (including phenoxy) is 2. The predicted molar refractivity (Wildman–Crippen MR) is 81.7 cm³/mol. The van der Waals surface area contributed by atoms with Gasteiger partial charge in [0.25, 0.3) is 0 Å². The maximum absolute atomic E-state index is 14.4. The molecule has 0 N–H and O–H groups in total. The van der Waals surface area contributed by atoms with E-state index in [4.69, 9.17) is 9.47 Å². The van der Waals surface area contributed by atoms with Gasteiger partial charge in [-0.25, -0.2) is 4.39 Å². The number of fused-ring (bicyclic) bond motifs is 1. The van der Waals surface area contributed by atoms with Crippen molar-refractivity contribution in [3.63, 3.8) is 0 Å². The van der Waals surface area contributed by atoms with Crippen molar-refractivity contribution >= 4 is 5.76 Å². The van der Waals surface area contributed by atoms with Gasteiger partial charge in [-0.1, -0.05) is 20.3 Å². The van der Waals surface area contributed by atoms with E-state index in [0.29, 0.717) is 24.7 Å². The minimum absolute atomic E-state index is 0.0109. The van der Waals surface area contributed by atoms with E-state index in [-0.39, 0.29) is 17.4 Å². The summed E-state index contributed by atoms with van der Waals surface area (Å²) in [6.07, 6.45) is 6.07. The van der Waals surface area contributed by atoms with Crippen LogP contribution in [0.5, 0.6) is 5.75 Å². The first-order valence-electron chi connectivity index (χ1n) is 8.11. The Morgan fingerprint density at radius 1 is 1.27 bits per heavy atom. The van der Waals surface area contributed by atoms with Crippen LogP contribution in [0.2, 0.25) is 0 Å². The summed E-state index contributed by atoms with van der Waals surface area (Å²) in [7, 11) is 0. The van der Waals surface area contributed by atoms with Gasteiger partial charge in [0, 0.05) is 0 Å². The first kappa shape index (κ1) is 15.3. The molecule has 22 heavy (non-hydrogen) atoms. The third kappa shape index (κ3) is 2.83. The highest BCUT2D eigenvalue weighted by Crippen LogP contribution is 2.37. The fraction of sp³-hybridized carbons (Fsp3) is 0.556. The van der Waals surface area contributed by atoms with Gasteiger partial charge in [-0.3, -0.25) is 0 Å². The summed E-state index contributed by atoms with van der Waals surface area (Å²) in [5, 5.41) is 0.